The topological polar surface area (TPSA) is 49.4 Å². The third-order valence-corrected chi connectivity index (χ3v) is 6.84. The predicted molar refractivity (Wildman–Crippen MR) is 107 cm³/mol. The van der Waals surface area contributed by atoms with E-state index < -0.39 is 0 Å². The molecule has 4 nitrogen and oxygen atoms in total. The van der Waals surface area contributed by atoms with Crippen LogP contribution in [0, 0.1) is 0 Å². The Bertz CT molecular complexity index is 715. The van der Waals surface area contributed by atoms with Crippen LogP contribution in [-0.2, 0) is 4.79 Å². The minimum Gasteiger partial charge on any atom is -0.353 e. The molecule has 1 N–H and O–H groups in total. The molecule has 2 amide bonds. The first kappa shape index (κ1) is 18.5. The fraction of sp³-hybridized carbons (Fsp3) is 0.652. The third kappa shape index (κ3) is 3.07. The van der Waals surface area contributed by atoms with Crippen molar-refractivity contribution in [3.05, 3.63) is 35.4 Å². The normalized spacial score (nSPS) is 25.1. The number of hydrogen-bond donors (Lipinski definition) is 1. The van der Waals surface area contributed by atoms with Gasteiger partial charge < -0.3 is 10.2 Å². The molecule has 146 valence electrons. The molecule has 1 spiro atoms. The summed E-state index contributed by atoms with van der Waals surface area (Å²) in [6.07, 6.45) is 9.83. The SMILES string of the molecule is CC(C)NC(=O)[C@H]1c2ccccc2C(=O)N(C2CCCC2)C12CCCCC2. The van der Waals surface area contributed by atoms with E-state index in [4.69, 9.17) is 0 Å². The summed E-state index contributed by atoms with van der Waals surface area (Å²) >= 11 is 0. The molecule has 1 aromatic carbocycles. The van der Waals surface area contributed by atoms with Crippen LogP contribution in [0.1, 0.15) is 93.5 Å². The van der Waals surface area contributed by atoms with E-state index in [1.165, 1.54) is 19.3 Å². The van der Waals surface area contributed by atoms with E-state index in [1.807, 2.05) is 38.1 Å². The fourth-order valence-electron chi connectivity index (χ4n) is 5.84. The van der Waals surface area contributed by atoms with Gasteiger partial charge in [0, 0.05) is 17.6 Å². The predicted octanol–water partition coefficient (Wildman–Crippen LogP) is 4.40. The lowest BCUT2D eigenvalue weighted by atomic mass is 9.64. The Labute approximate surface area is 162 Å². The van der Waals surface area contributed by atoms with Crippen LogP contribution in [0.15, 0.2) is 24.3 Å². The zero-order valence-electron chi connectivity index (χ0n) is 16.7. The molecule has 0 bridgehead atoms. The Morgan fingerprint density at radius 1 is 1.07 bits per heavy atom. The number of benzene rings is 1. The molecule has 2 fully saturated rings. The van der Waals surface area contributed by atoms with Gasteiger partial charge in [-0.05, 0) is 51.2 Å². The largest absolute Gasteiger partial charge is 0.353 e. The second-order valence-corrected chi connectivity index (χ2v) is 8.96. The van der Waals surface area contributed by atoms with Crippen molar-refractivity contribution >= 4 is 11.8 Å². The highest BCUT2D eigenvalue weighted by molar-refractivity contribution is 6.02. The summed E-state index contributed by atoms with van der Waals surface area (Å²) in [5, 5.41) is 3.17. The number of hydrogen-bond acceptors (Lipinski definition) is 2. The molecule has 1 atom stereocenters. The Balaban J connectivity index is 1.87. The molecule has 4 heteroatoms. The highest BCUT2D eigenvalue weighted by atomic mass is 16.2. The number of nitrogens with zero attached hydrogens (tertiary/aromatic N) is 1. The first-order valence-electron chi connectivity index (χ1n) is 10.8. The van der Waals surface area contributed by atoms with Crippen molar-refractivity contribution in [1.82, 2.24) is 10.2 Å². The number of rotatable bonds is 3. The van der Waals surface area contributed by atoms with Crippen LogP contribution in [0.2, 0.25) is 0 Å². The molecule has 2 aliphatic carbocycles. The average Bonchev–Trinajstić information content (AvgIpc) is 3.16. The van der Waals surface area contributed by atoms with Gasteiger partial charge in [-0.25, -0.2) is 0 Å². The Hall–Kier alpha value is -1.84. The van der Waals surface area contributed by atoms with Crippen LogP contribution < -0.4 is 5.32 Å². The monoisotopic (exact) mass is 368 g/mol. The lowest BCUT2D eigenvalue weighted by Crippen LogP contribution is -2.65. The summed E-state index contributed by atoms with van der Waals surface area (Å²) in [5.41, 5.74) is 1.33. The number of amides is 2. The zero-order chi connectivity index (χ0) is 19.0. The van der Waals surface area contributed by atoms with Gasteiger partial charge in [0.25, 0.3) is 5.91 Å². The summed E-state index contributed by atoms with van der Waals surface area (Å²) < 4.78 is 0. The molecular weight excluding hydrogens is 336 g/mol. The van der Waals surface area contributed by atoms with Crippen LogP contribution in [0.3, 0.4) is 0 Å². The molecule has 0 radical (unpaired) electrons. The van der Waals surface area contributed by atoms with Crippen LogP contribution in [0.25, 0.3) is 0 Å². The van der Waals surface area contributed by atoms with Crippen molar-refractivity contribution < 1.29 is 9.59 Å². The molecule has 0 unspecified atom stereocenters. The summed E-state index contributed by atoms with van der Waals surface area (Å²) in [6, 6.07) is 8.23. The van der Waals surface area contributed by atoms with Gasteiger partial charge in [-0.2, -0.15) is 0 Å². The lowest BCUT2D eigenvalue weighted by molar-refractivity contribution is -0.128. The number of carbonyl (C=O) groups excluding carboxylic acids is 2. The summed E-state index contributed by atoms with van der Waals surface area (Å²) in [4.78, 5) is 29.3. The quantitative estimate of drug-likeness (QED) is 0.860. The number of carbonyl (C=O) groups is 2. The van der Waals surface area contributed by atoms with Crippen molar-refractivity contribution in [2.24, 2.45) is 0 Å². The molecule has 1 aliphatic heterocycles. The van der Waals surface area contributed by atoms with E-state index >= 15 is 0 Å². The molecule has 0 saturated heterocycles. The Morgan fingerprint density at radius 3 is 2.41 bits per heavy atom. The van der Waals surface area contributed by atoms with Crippen molar-refractivity contribution in [3.63, 3.8) is 0 Å². The lowest BCUT2D eigenvalue weighted by Gasteiger charge is -2.56. The molecule has 27 heavy (non-hydrogen) atoms. The number of fused-ring (bicyclic) bond motifs is 1. The fourth-order valence-corrected chi connectivity index (χ4v) is 5.84. The van der Waals surface area contributed by atoms with Gasteiger partial charge in [0.1, 0.15) is 0 Å². The van der Waals surface area contributed by atoms with E-state index in [9.17, 15) is 9.59 Å². The van der Waals surface area contributed by atoms with Crippen LogP contribution in [0.5, 0.6) is 0 Å². The third-order valence-electron chi connectivity index (χ3n) is 6.84. The summed E-state index contributed by atoms with van der Waals surface area (Å²) in [6.45, 7) is 4.03. The van der Waals surface area contributed by atoms with E-state index in [1.54, 1.807) is 0 Å². The van der Waals surface area contributed by atoms with Gasteiger partial charge in [0.05, 0.1) is 11.5 Å². The van der Waals surface area contributed by atoms with E-state index in [0.717, 1.165) is 49.7 Å². The molecule has 2 saturated carbocycles. The smallest absolute Gasteiger partial charge is 0.254 e. The van der Waals surface area contributed by atoms with Crippen LogP contribution in [-0.4, -0.2) is 34.3 Å². The van der Waals surface area contributed by atoms with Crippen molar-refractivity contribution in [2.45, 2.75) is 95.2 Å². The zero-order valence-corrected chi connectivity index (χ0v) is 16.7. The molecular formula is C23H32N2O2. The Morgan fingerprint density at radius 2 is 1.74 bits per heavy atom. The average molecular weight is 369 g/mol. The van der Waals surface area contributed by atoms with Crippen molar-refractivity contribution in [1.29, 1.82) is 0 Å². The van der Waals surface area contributed by atoms with Crippen LogP contribution in [0.4, 0.5) is 0 Å². The second-order valence-electron chi connectivity index (χ2n) is 8.96. The molecule has 0 aromatic heterocycles. The second kappa shape index (κ2) is 7.29. The van der Waals surface area contributed by atoms with Crippen LogP contribution >= 0.6 is 0 Å². The Kier molecular flexibility index (Phi) is 5.00. The first-order valence-corrected chi connectivity index (χ1v) is 10.8. The maximum absolute atomic E-state index is 13.7. The van der Waals surface area contributed by atoms with Gasteiger partial charge in [-0.1, -0.05) is 50.3 Å². The van der Waals surface area contributed by atoms with E-state index in [-0.39, 0.29) is 29.3 Å². The highest BCUT2D eigenvalue weighted by Gasteiger charge is 2.56. The van der Waals surface area contributed by atoms with E-state index in [2.05, 4.69) is 10.2 Å². The van der Waals surface area contributed by atoms with Gasteiger partial charge >= 0.3 is 0 Å². The van der Waals surface area contributed by atoms with Gasteiger partial charge in [0.15, 0.2) is 0 Å². The maximum Gasteiger partial charge on any atom is 0.254 e. The minimum atomic E-state index is -0.350. The van der Waals surface area contributed by atoms with Crippen molar-refractivity contribution in [3.8, 4) is 0 Å². The minimum absolute atomic E-state index is 0.0925. The van der Waals surface area contributed by atoms with Gasteiger partial charge in [-0.15, -0.1) is 0 Å². The summed E-state index contributed by atoms with van der Waals surface area (Å²) in [5.74, 6) is -0.00227. The molecule has 3 aliphatic rings. The van der Waals surface area contributed by atoms with Crippen molar-refractivity contribution in [2.75, 3.05) is 0 Å². The maximum atomic E-state index is 13.7. The van der Waals surface area contributed by atoms with Gasteiger partial charge in [0.2, 0.25) is 5.91 Å². The summed E-state index contributed by atoms with van der Waals surface area (Å²) in [7, 11) is 0. The molecule has 4 rings (SSSR count). The van der Waals surface area contributed by atoms with Gasteiger partial charge in [-0.3, -0.25) is 9.59 Å². The number of nitrogens with one attached hydrogen (secondary N) is 1. The first-order chi connectivity index (χ1) is 13.0. The molecule has 1 heterocycles. The highest BCUT2D eigenvalue weighted by Crippen LogP contribution is 2.51. The molecule has 1 aromatic rings. The standard InChI is InChI=1S/C23H32N2O2/c1-16(2)24-21(26)20-18-12-6-7-13-19(18)22(27)25(17-10-4-5-11-17)23(20)14-8-3-9-15-23/h6-7,12-13,16-17,20H,3-5,8-11,14-15H2,1-2H3,(H,24,26)/t20-/m1/s1. The van der Waals surface area contributed by atoms with E-state index in [0.29, 0.717) is 6.04 Å².